The normalized spacial score (nSPS) is 17.1. The molecule has 2 aromatic rings. The van der Waals surface area contributed by atoms with Crippen molar-refractivity contribution >= 4 is 29.4 Å². The molecule has 1 aliphatic heterocycles. The lowest BCUT2D eigenvalue weighted by Crippen LogP contribution is -2.39. The maximum Gasteiger partial charge on any atom is 0.419 e. The van der Waals surface area contributed by atoms with Crippen LogP contribution in [0.5, 0.6) is 0 Å². The molecule has 0 N–H and O–H groups in total. The zero-order valence-electron chi connectivity index (χ0n) is 15.5. The first-order chi connectivity index (χ1) is 13.7. The van der Waals surface area contributed by atoms with Gasteiger partial charge in [0.1, 0.15) is 0 Å². The van der Waals surface area contributed by atoms with E-state index in [1.165, 1.54) is 15.9 Å². The molecule has 0 saturated carbocycles. The number of halogens is 4. The molecule has 2 heterocycles. The maximum atomic E-state index is 12.9. The Morgan fingerprint density at radius 1 is 1.28 bits per heavy atom. The number of carbonyl (C=O) groups is 2. The summed E-state index contributed by atoms with van der Waals surface area (Å²) in [6, 6.07) is 5.63. The SMILES string of the molecule is CCC[C@H]1CN(c2ncc(C(F)(F)F)cn2)C(=O)N1CC(=O)c1cccc(Cl)c1. The molecular formula is C19H18ClF3N4O2. The first kappa shape index (κ1) is 21.0. The number of nitrogens with zero attached hydrogens (tertiary/aromatic N) is 4. The summed E-state index contributed by atoms with van der Waals surface area (Å²) >= 11 is 5.92. The summed E-state index contributed by atoms with van der Waals surface area (Å²) < 4.78 is 38.1. The van der Waals surface area contributed by atoms with Gasteiger partial charge in [0.2, 0.25) is 5.95 Å². The number of carbonyl (C=O) groups excluding carboxylic acids is 2. The Bertz CT molecular complexity index is 905. The number of hydrogen-bond donors (Lipinski definition) is 0. The van der Waals surface area contributed by atoms with E-state index in [-0.39, 0.29) is 30.9 Å². The lowest BCUT2D eigenvalue weighted by molar-refractivity contribution is -0.138. The van der Waals surface area contributed by atoms with Crippen molar-refractivity contribution in [2.75, 3.05) is 18.0 Å². The predicted molar refractivity (Wildman–Crippen MR) is 101 cm³/mol. The Morgan fingerprint density at radius 3 is 2.55 bits per heavy atom. The zero-order chi connectivity index (χ0) is 21.2. The van der Waals surface area contributed by atoms with Crippen LogP contribution in [0, 0.1) is 0 Å². The number of aromatic nitrogens is 2. The van der Waals surface area contributed by atoms with Gasteiger partial charge in [0.15, 0.2) is 5.78 Å². The minimum Gasteiger partial charge on any atom is -0.312 e. The van der Waals surface area contributed by atoms with Crippen molar-refractivity contribution in [3.05, 3.63) is 52.8 Å². The van der Waals surface area contributed by atoms with E-state index in [2.05, 4.69) is 9.97 Å². The average Bonchev–Trinajstić information content (AvgIpc) is 2.97. The third kappa shape index (κ3) is 4.67. The second-order valence-corrected chi connectivity index (χ2v) is 7.10. The highest BCUT2D eigenvalue weighted by molar-refractivity contribution is 6.31. The monoisotopic (exact) mass is 426 g/mol. The number of Topliss-reactive ketones (excluding diaryl/α,β-unsaturated/α-hetero) is 1. The van der Waals surface area contributed by atoms with Gasteiger partial charge < -0.3 is 4.90 Å². The number of urea groups is 1. The van der Waals surface area contributed by atoms with E-state index in [1.807, 2.05) is 6.92 Å². The van der Waals surface area contributed by atoms with Crippen LogP contribution in [0.3, 0.4) is 0 Å². The lowest BCUT2D eigenvalue weighted by atomic mass is 10.1. The van der Waals surface area contributed by atoms with E-state index >= 15 is 0 Å². The van der Waals surface area contributed by atoms with E-state index < -0.39 is 17.8 Å². The summed E-state index contributed by atoms with van der Waals surface area (Å²) in [5.74, 6) is -0.404. The summed E-state index contributed by atoms with van der Waals surface area (Å²) in [4.78, 5) is 35.5. The van der Waals surface area contributed by atoms with Crippen LogP contribution in [-0.4, -0.2) is 45.8 Å². The van der Waals surface area contributed by atoms with Crippen molar-refractivity contribution in [1.82, 2.24) is 14.9 Å². The van der Waals surface area contributed by atoms with Crippen LogP contribution in [0.1, 0.15) is 35.7 Å². The topological polar surface area (TPSA) is 66.4 Å². The Morgan fingerprint density at radius 2 is 1.97 bits per heavy atom. The van der Waals surface area contributed by atoms with Crippen LogP contribution in [0.4, 0.5) is 23.9 Å². The number of alkyl halides is 3. The molecule has 2 amide bonds. The fraction of sp³-hybridized carbons (Fsp3) is 0.368. The molecular weight excluding hydrogens is 409 g/mol. The van der Waals surface area contributed by atoms with Crippen LogP contribution < -0.4 is 4.90 Å². The molecule has 3 rings (SSSR count). The molecule has 1 saturated heterocycles. The third-order valence-corrected chi connectivity index (χ3v) is 4.84. The smallest absolute Gasteiger partial charge is 0.312 e. The molecule has 1 atom stereocenters. The average molecular weight is 427 g/mol. The first-order valence-corrected chi connectivity index (χ1v) is 9.34. The molecule has 1 aromatic carbocycles. The Hall–Kier alpha value is -2.68. The van der Waals surface area contributed by atoms with Crippen LogP contribution in [0.25, 0.3) is 0 Å². The van der Waals surface area contributed by atoms with Gasteiger partial charge >= 0.3 is 12.2 Å². The number of amides is 2. The molecule has 29 heavy (non-hydrogen) atoms. The van der Waals surface area contributed by atoms with Gasteiger partial charge in [0.05, 0.1) is 24.7 Å². The van der Waals surface area contributed by atoms with Gasteiger partial charge in [-0.15, -0.1) is 0 Å². The standard InChI is InChI=1S/C19H18ClF3N4O2/c1-2-4-15-10-27(17-24-8-13(9-25-17)19(21,22)23)18(29)26(15)11-16(28)12-5-3-6-14(20)7-12/h3,5-9,15H,2,4,10-11H2,1H3/t15-/m0/s1. The quantitative estimate of drug-likeness (QED) is 0.640. The van der Waals surface area contributed by atoms with Crippen molar-refractivity contribution in [2.45, 2.75) is 32.0 Å². The van der Waals surface area contributed by atoms with E-state index in [9.17, 15) is 22.8 Å². The summed E-state index contributed by atoms with van der Waals surface area (Å²) in [5, 5.41) is 0.411. The second-order valence-electron chi connectivity index (χ2n) is 6.67. The zero-order valence-corrected chi connectivity index (χ0v) is 16.2. The van der Waals surface area contributed by atoms with Crippen LogP contribution in [0.2, 0.25) is 5.02 Å². The molecule has 1 aliphatic rings. The summed E-state index contributed by atoms with van der Waals surface area (Å²) in [6.07, 6.45) is -1.88. The molecule has 6 nitrogen and oxygen atoms in total. The van der Waals surface area contributed by atoms with Gasteiger partial charge in [-0.05, 0) is 18.6 Å². The lowest BCUT2D eigenvalue weighted by Gasteiger charge is -2.22. The molecule has 10 heteroatoms. The molecule has 1 fully saturated rings. The van der Waals surface area contributed by atoms with Gasteiger partial charge in [0.25, 0.3) is 0 Å². The second kappa shape index (κ2) is 8.36. The Kier molecular flexibility index (Phi) is 6.07. The highest BCUT2D eigenvalue weighted by Crippen LogP contribution is 2.29. The molecule has 0 spiro atoms. The Balaban J connectivity index is 1.80. The minimum atomic E-state index is -4.56. The van der Waals surface area contributed by atoms with Crippen LogP contribution in [0.15, 0.2) is 36.7 Å². The number of rotatable bonds is 6. The third-order valence-electron chi connectivity index (χ3n) is 4.60. The number of benzene rings is 1. The molecule has 1 aromatic heterocycles. The van der Waals surface area contributed by atoms with E-state index in [1.54, 1.807) is 18.2 Å². The summed E-state index contributed by atoms with van der Waals surface area (Å²) in [7, 11) is 0. The highest BCUT2D eigenvalue weighted by Gasteiger charge is 2.40. The van der Waals surface area contributed by atoms with Crippen molar-refractivity contribution in [1.29, 1.82) is 0 Å². The summed E-state index contributed by atoms with van der Waals surface area (Å²) in [6.45, 7) is 1.97. The van der Waals surface area contributed by atoms with Gasteiger partial charge in [-0.3, -0.25) is 9.69 Å². The van der Waals surface area contributed by atoms with Gasteiger partial charge in [-0.2, -0.15) is 13.2 Å². The van der Waals surface area contributed by atoms with E-state index in [0.717, 1.165) is 6.42 Å². The molecule has 154 valence electrons. The first-order valence-electron chi connectivity index (χ1n) is 8.97. The van der Waals surface area contributed by atoms with Crippen molar-refractivity contribution in [3.8, 4) is 0 Å². The predicted octanol–water partition coefficient (Wildman–Crippen LogP) is 4.44. The van der Waals surface area contributed by atoms with E-state index in [0.29, 0.717) is 29.4 Å². The van der Waals surface area contributed by atoms with Crippen molar-refractivity contribution < 1.29 is 22.8 Å². The molecule has 0 unspecified atom stereocenters. The van der Waals surface area contributed by atoms with Gasteiger partial charge in [-0.1, -0.05) is 37.1 Å². The molecule has 0 bridgehead atoms. The van der Waals surface area contributed by atoms with Gasteiger partial charge in [-0.25, -0.2) is 14.8 Å². The number of ketones is 1. The molecule has 0 radical (unpaired) electrons. The maximum absolute atomic E-state index is 12.9. The van der Waals surface area contributed by atoms with Crippen LogP contribution in [-0.2, 0) is 6.18 Å². The van der Waals surface area contributed by atoms with Crippen molar-refractivity contribution in [2.24, 2.45) is 0 Å². The van der Waals surface area contributed by atoms with Crippen LogP contribution >= 0.6 is 11.6 Å². The summed E-state index contributed by atoms with van der Waals surface area (Å²) in [5.41, 5.74) is -0.615. The fourth-order valence-electron chi connectivity index (χ4n) is 3.16. The fourth-order valence-corrected chi connectivity index (χ4v) is 3.35. The number of hydrogen-bond acceptors (Lipinski definition) is 4. The Labute approximate surface area is 170 Å². The highest BCUT2D eigenvalue weighted by atomic mass is 35.5. The van der Waals surface area contributed by atoms with Gasteiger partial charge in [0, 0.05) is 23.0 Å². The van der Waals surface area contributed by atoms with E-state index in [4.69, 9.17) is 11.6 Å². The van der Waals surface area contributed by atoms with Crippen molar-refractivity contribution in [3.63, 3.8) is 0 Å². The number of anilines is 1. The largest absolute Gasteiger partial charge is 0.419 e. The molecule has 0 aliphatic carbocycles. The minimum absolute atomic E-state index is 0.123.